The topological polar surface area (TPSA) is 12.0 Å². The van der Waals surface area contributed by atoms with Gasteiger partial charge in [-0.2, -0.15) is 0 Å². The zero-order valence-corrected chi connectivity index (χ0v) is 17.5. The van der Waals surface area contributed by atoms with Gasteiger partial charge in [0.15, 0.2) is 0 Å². The van der Waals surface area contributed by atoms with Gasteiger partial charge in [-0.25, -0.2) is 0 Å². The van der Waals surface area contributed by atoms with Crippen LogP contribution in [0.1, 0.15) is 16.7 Å². The zero-order valence-electron chi connectivity index (χ0n) is 13.4. The molecule has 2 aromatic carbocycles. The molecule has 0 bridgehead atoms. The molecule has 5 heteroatoms. The second-order valence-corrected chi connectivity index (χ2v) is 17.2. The van der Waals surface area contributed by atoms with E-state index < -0.39 is 16.9 Å². The fourth-order valence-electron chi connectivity index (χ4n) is 2.84. The summed E-state index contributed by atoms with van der Waals surface area (Å²) in [5.41, 5.74) is 4.37. The molecular weight excluding hydrogens is 377 g/mol. The first-order valence-electron chi connectivity index (χ1n) is 7.48. The number of hydrogen-bond donors (Lipinski definition) is 1. The fourth-order valence-corrected chi connectivity index (χ4v) is 11.5. The Morgan fingerprint density at radius 1 is 0.957 bits per heavy atom. The summed E-state index contributed by atoms with van der Waals surface area (Å²) in [5.74, 6) is 0. The van der Waals surface area contributed by atoms with Gasteiger partial charge in [-0.3, -0.25) is 0 Å². The molecule has 23 heavy (non-hydrogen) atoms. The van der Waals surface area contributed by atoms with Gasteiger partial charge in [0.05, 0.1) is 0 Å². The van der Waals surface area contributed by atoms with Crippen LogP contribution in [0.15, 0.2) is 58.5 Å². The largest absolute Gasteiger partial charge is 1.00 e. The average molecular weight is 398 g/mol. The molecular formula is C18H21Cl2NSiTi. The standard InChI is InChI=1S/C9H7.C7H8N.C2H6Si.2ClH.Ti/c1-2-5-9-7-3-6-8(9)4-1;8-6-7-4-2-1-3-5-7;1-3-2;;;/h1-2,4-6H,7H2;1-5,8H,6H2;1-2H3;2*1H;/q;-1;;;;+3/p-2. The maximum absolute atomic E-state index is 3.96. The third-order valence-corrected chi connectivity index (χ3v) is 14.0. The normalized spacial score (nSPS) is 11.3. The van der Waals surface area contributed by atoms with Crippen LogP contribution in [-0.4, -0.2) is 6.19 Å². The first kappa shape index (κ1) is 20.7. The van der Waals surface area contributed by atoms with E-state index in [1.165, 1.54) is 23.1 Å². The van der Waals surface area contributed by atoms with Crippen molar-refractivity contribution in [3.63, 3.8) is 0 Å². The maximum atomic E-state index is 3.96. The summed E-state index contributed by atoms with van der Waals surface area (Å²) in [6, 6.07) is 19.6. The van der Waals surface area contributed by atoms with Gasteiger partial charge in [-0.15, -0.1) is 0 Å². The van der Waals surface area contributed by atoms with Crippen molar-refractivity contribution in [2.75, 3.05) is 0 Å². The summed E-state index contributed by atoms with van der Waals surface area (Å²) in [6.45, 7) is 5.98. The molecule has 1 aliphatic carbocycles. The second kappa shape index (κ2) is 9.83. The Kier molecular flexibility index (Phi) is 8.84. The molecule has 120 valence electrons. The number of rotatable bonds is 4. The number of hydrogen-bond acceptors (Lipinski definition) is 1. The van der Waals surface area contributed by atoms with Gasteiger partial charge in [-0.05, 0) is 0 Å². The van der Waals surface area contributed by atoms with E-state index >= 15 is 0 Å². The van der Waals surface area contributed by atoms with Gasteiger partial charge < -0.3 is 24.8 Å². The molecule has 2 aromatic rings. The van der Waals surface area contributed by atoms with Crippen LogP contribution in [0.2, 0.25) is 13.1 Å². The maximum Gasteiger partial charge on any atom is -1.00 e. The molecule has 0 aromatic heterocycles. The Bertz CT molecular complexity index is 710. The number of allylic oxidation sites excluding steroid dienone is 1. The van der Waals surface area contributed by atoms with Crippen molar-refractivity contribution < 1.29 is 41.7 Å². The van der Waals surface area contributed by atoms with Crippen LogP contribution >= 0.6 is 0 Å². The average Bonchev–Trinajstić information content (AvgIpc) is 2.91. The summed E-state index contributed by atoms with van der Waals surface area (Å²) in [7, 11) is 0. The minimum Gasteiger partial charge on any atom is -1.00 e. The van der Waals surface area contributed by atoms with Crippen LogP contribution in [-0.2, 0) is 29.8 Å². The van der Waals surface area contributed by atoms with E-state index in [0.29, 0.717) is 0 Å². The molecule has 1 N–H and O–H groups in total. The van der Waals surface area contributed by atoms with E-state index in [0.717, 1.165) is 6.54 Å². The van der Waals surface area contributed by atoms with Crippen molar-refractivity contribution in [2.24, 2.45) is 0 Å². The Labute approximate surface area is 158 Å². The van der Waals surface area contributed by atoms with Crippen LogP contribution in [0.5, 0.6) is 0 Å². The van der Waals surface area contributed by atoms with Crippen LogP contribution in [0.3, 0.4) is 0 Å². The summed E-state index contributed by atoms with van der Waals surface area (Å²) in [4.78, 5) is 0. The number of fused-ring (bicyclic) bond motifs is 1. The molecule has 0 aliphatic heterocycles. The molecule has 0 unspecified atom stereocenters. The van der Waals surface area contributed by atoms with Gasteiger partial charge in [-0.1, -0.05) is 0 Å². The third-order valence-electron chi connectivity index (χ3n) is 3.90. The molecule has 0 fully saturated rings. The minimum absolute atomic E-state index is 0. The molecule has 1 aliphatic rings. The Balaban J connectivity index is 0.00000132. The smallest absolute Gasteiger partial charge is 1.00 e. The summed E-state index contributed by atoms with van der Waals surface area (Å²) in [6.07, 6.45) is 3.40. The number of halogens is 2. The van der Waals surface area contributed by atoms with Crippen molar-refractivity contribution in [1.82, 2.24) is 3.80 Å². The predicted molar refractivity (Wildman–Crippen MR) is 88.9 cm³/mol. The van der Waals surface area contributed by atoms with Crippen molar-refractivity contribution in [3.8, 4) is 0 Å². The van der Waals surface area contributed by atoms with E-state index in [1.54, 1.807) is 3.88 Å². The van der Waals surface area contributed by atoms with E-state index in [1.807, 2.05) is 0 Å². The van der Waals surface area contributed by atoms with E-state index in [4.69, 9.17) is 0 Å². The van der Waals surface area contributed by atoms with E-state index in [-0.39, 0.29) is 31.0 Å². The van der Waals surface area contributed by atoms with Gasteiger partial charge in [0.2, 0.25) is 0 Å². The molecule has 0 saturated heterocycles. The van der Waals surface area contributed by atoms with Crippen LogP contribution in [0, 0.1) is 0 Å². The summed E-state index contributed by atoms with van der Waals surface area (Å²) in [5, 5.41) is 0. The second-order valence-electron chi connectivity index (χ2n) is 5.76. The fraction of sp³-hybridized carbons (Fsp3) is 0.222. The molecule has 3 rings (SSSR count). The van der Waals surface area contributed by atoms with Crippen LogP contribution in [0.4, 0.5) is 0 Å². The van der Waals surface area contributed by atoms with Crippen molar-refractivity contribution >= 4 is 12.3 Å². The third kappa shape index (κ3) is 5.32. The first-order chi connectivity index (χ1) is 10.2. The van der Waals surface area contributed by atoms with Gasteiger partial charge >= 0.3 is 134 Å². The van der Waals surface area contributed by atoms with Gasteiger partial charge in [0.25, 0.3) is 0 Å². The predicted octanol–water partition coefficient (Wildman–Crippen LogP) is -1.83. The minimum atomic E-state index is -1.31. The monoisotopic (exact) mass is 397 g/mol. The van der Waals surface area contributed by atoms with Crippen molar-refractivity contribution in [1.29, 1.82) is 0 Å². The molecule has 0 atom stereocenters. The van der Waals surface area contributed by atoms with Gasteiger partial charge in [0.1, 0.15) is 0 Å². The molecule has 1 nitrogen and oxygen atoms in total. The number of benzene rings is 2. The van der Waals surface area contributed by atoms with Gasteiger partial charge in [0, 0.05) is 0 Å². The molecule has 0 heterocycles. The molecule has 0 spiro atoms. The SMILES string of the molecule is C[Si](C)=[Ti+2]([NH]Cc1ccccc1)[C]1=Cc2ccccc2C1.[Cl-].[Cl-]. The molecule has 0 saturated carbocycles. The Morgan fingerprint density at radius 2 is 1.61 bits per heavy atom. The quantitative estimate of drug-likeness (QED) is 0.598. The van der Waals surface area contributed by atoms with Crippen LogP contribution in [0.25, 0.3) is 6.08 Å². The Morgan fingerprint density at radius 3 is 2.26 bits per heavy atom. The van der Waals surface area contributed by atoms with Crippen molar-refractivity contribution in [3.05, 3.63) is 75.2 Å². The molecule has 0 amide bonds. The van der Waals surface area contributed by atoms with E-state index in [9.17, 15) is 0 Å². The summed E-state index contributed by atoms with van der Waals surface area (Å²) >= 11 is -1.31. The Hall–Kier alpha value is -0.349. The zero-order chi connectivity index (χ0) is 14.7. The first-order valence-corrected chi connectivity index (χ1v) is 13.9. The van der Waals surface area contributed by atoms with Crippen LogP contribution < -0.4 is 28.6 Å². The number of nitrogens with one attached hydrogen (secondary N) is 1. The van der Waals surface area contributed by atoms with E-state index in [2.05, 4.69) is 77.6 Å². The summed E-state index contributed by atoms with van der Waals surface area (Å²) < 4.78 is 5.68. The molecule has 0 radical (unpaired) electrons. The van der Waals surface area contributed by atoms with Crippen molar-refractivity contribution in [2.45, 2.75) is 26.1 Å².